The van der Waals surface area contributed by atoms with Crippen LogP contribution < -0.4 is 20.3 Å². The lowest BCUT2D eigenvalue weighted by atomic mass is 9.91. The van der Waals surface area contributed by atoms with Crippen LogP contribution in [0.1, 0.15) is 18.5 Å². The van der Waals surface area contributed by atoms with Crippen LogP contribution in [-0.2, 0) is 4.79 Å². The van der Waals surface area contributed by atoms with Gasteiger partial charge in [0.05, 0.1) is 12.0 Å². The van der Waals surface area contributed by atoms with E-state index < -0.39 is 0 Å². The van der Waals surface area contributed by atoms with Gasteiger partial charge in [-0.25, -0.2) is 5.43 Å². The van der Waals surface area contributed by atoms with E-state index >= 15 is 0 Å². The fourth-order valence-corrected chi connectivity index (χ4v) is 2.31. The van der Waals surface area contributed by atoms with Gasteiger partial charge in [0, 0.05) is 6.04 Å². The molecule has 0 amide bonds. The molecule has 2 aliphatic rings. The SMILES string of the molecule is CC1NNC(c2ccc3c(c2)OCO3)C1C=O. The molecule has 1 saturated heterocycles. The highest BCUT2D eigenvalue weighted by Gasteiger charge is 2.34. The van der Waals surface area contributed by atoms with Crippen LogP contribution in [0.5, 0.6) is 11.5 Å². The summed E-state index contributed by atoms with van der Waals surface area (Å²) in [6, 6.07) is 5.88. The quantitative estimate of drug-likeness (QED) is 0.740. The molecule has 2 aliphatic heterocycles. The number of nitrogens with one attached hydrogen (secondary N) is 2. The van der Waals surface area contributed by atoms with Crippen LogP contribution in [0.25, 0.3) is 0 Å². The molecule has 5 heteroatoms. The van der Waals surface area contributed by atoms with Crippen molar-refractivity contribution >= 4 is 6.29 Å². The molecule has 1 fully saturated rings. The summed E-state index contributed by atoms with van der Waals surface area (Å²) in [6.07, 6.45) is 0.993. The van der Waals surface area contributed by atoms with Crippen molar-refractivity contribution in [1.29, 1.82) is 0 Å². The van der Waals surface area contributed by atoms with Crippen LogP contribution in [0.4, 0.5) is 0 Å². The van der Waals surface area contributed by atoms with Crippen LogP contribution in [0.2, 0.25) is 0 Å². The number of aldehydes is 1. The van der Waals surface area contributed by atoms with E-state index in [0.29, 0.717) is 0 Å². The zero-order chi connectivity index (χ0) is 11.8. The highest BCUT2D eigenvalue weighted by Crippen LogP contribution is 2.36. The molecule has 1 aromatic rings. The first kappa shape index (κ1) is 10.6. The number of hydrazine groups is 1. The molecular formula is C12H14N2O3. The van der Waals surface area contributed by atoms with Gasteiger partial charge >= 0.3 is 0 Å². The first-order valence-electron chi connectivity index (χ1n) is 5.65. The molecule has 3 unspecified atom stereocenters. The van der Waals surface area contributed by atoms with E-state index in [-0.39, 0.29) is 24.8 Å². The van der Waals surface area contributed by atoms with E-state index in [1.54, 1.807) is 0 Å². The number of fused-ring (bicyclic) bond motifs is 1. The fourth-order valence-electron chi connectivity index (χ4n) is 2.31. The zero-order valence-corrected chi connectivity index (χ0v) is 9.47. The average Bonchev–Trinajstić information content (AvgIpc) is 2.93. The Morgan fingerprint density at radius 2 is 2.12 bits per heavy atom. The van der Waals surface area contributed by atoms with Crippen LogP contribution in [0, 0.1) is 5.92 Å². The Balaban J connectivity index is 1.91. The zero-order valence-electron chi connectivity index (χ0n) is 9.47. The first-order chi connectivity index (χ1) is 8.29. The maximum absolute atomic E-state index is 11.1. The maximum atomic E-state index is 11.1. The van der Waals surface area contributed by atoms with Crippen LogP contribution in [0.3, 0.4) is 0 Å². The monoisotopic (exact) mass is 234 g/mol. The Morgan fingerprint density at radius 3 is 2.94 bits per heavy atom. The van der Waals surface area contributed by atoms with Gasteiger partial charge in [-0.1, -0.05) is 6.07 Å². The molecule has 1 aromatic carbocycles. The molecule has 3 atom stereocenters. The van der Waals surface area contributed by atoms with Crippen molar-refractivity contribution in [3.05, 3.63) is 23.8 Å². The van der Waals surface area contributed by atoms with Crippen molar-refractivity contribution in [2.75, 3.05) is 6.79 Å². The summed E-state index contributed by atoms with van der Waals surface area (Å²) in [6.45, 7) is 2.25. The molecule has 90 valence electrons. The van der Waals surface area contributed by atoms with Gasteiger partial charge in [0.1, 0.15) is 6.29 Å². The van der Waals surface area contributed by atoms with Gasteiger partial charge in [-0.05, 0) is 24.6 Å². The van der Waals surface area contributed by atoms with E-state index in [1.165, 1.54) is 0 Å². The normalized spacial score (nSPS) is 30.5. The predicted molar refractivity (Wildman–Crippen MR) is 60.6 cm³/mol. The minimum Gasteiger partial charge on any atom is -0.454 e. The third kappa shape index (κ3) is 1.67. The van der Waals surface area contributed by atoms with Gasteiger partial charge in [-0.2, -0.15) is 0 Å². The van der Waals surface area contributed by atoms with Crippen LogP contribution in [0.15, 0.2) is 18.2 Å². The van der Waals surface area contributed by atoms with Gasteiger partial charge in [0.15, 0.2) is 11.5 Å². The second-order valence-corrected chi connectivity index (χ2v) is 4.38. The van der Waals surface area contributed by atoms with Crippen LogP contribution in [-0.4, -0.2) is 19.1 Å². The molecule has 0 radical (unpaired) electrons. The standard InChI is InChI=1S/C12H14N2O3/c1-7-9(5-15)12(14-13-7)8-2-3-10-11(4-8)17-6-16-10/h2-5,7,9,12-14H,6H2,1H3. The van der Waals surface area contributed by atoms with Crippen LogP contribution >= 0.6 is 0 Å². The topological polar surface area (TPSA) is 59.6 Å². The number of carbonyl (C=O) groups is 1. The summed E-state index contributed by atoms with van der Waals surface area (Å²) in [7, 11) is 0. The second kappa shape index (κ2) is 4.01. The molecule has 0 spiro atoms. The molecular weight excluding hydrogens is 220 g/mol. The summed E-state index contributed by atoms with van der Waals surface area (Å²) < 4.78 is 10.6. The first-order valence-corrected chi connectivity index (χ1v) is 5.65. The molecule has 0 saturated carbocycles. The van der Waals surface area contributed by atoms with Gasteiger partial charge in [-0.15, -0.1) is 0 Å². The Hall–Kier alpha value is -1.59. The Labute approximate surface area is 99.1 Å². The third-order valence-corrected chi connectivity index (χ3v) is 3.34. The van der Waals surface area contributed by atoms with Crippen molar-refractivity contribution in [2.24, 2.45) is 5.92 Å². The highest BCUT2D eigenvalue weighted by molar-refractivity contribution is 5.58. The summed E-state index contributed by atoms with van der Waals surface area (Å²) in [5, 5.41) is 0. The number of benzene rings is 1. The Kier molecular flexibility index (Phi) is 2.49. The molecule has 3 rings (SSSR count). The summed E-state index contributed by atoms with van der Waals surface area (Å²) in [5.74, 6) is 1.43. The van der Waals surface area contributed by atoms with Gasteiger partial charge < -0.3 is 14.3 Å². The molecule has 17 heavy (non-hydrogen) atoms. The molecule has 0 aliphatic carbocycles. The van der Waals surface area contributed by atoms with Crippen molar-refractivity contribution in [3.8, 4) is 11.5 Å². The van der Waals surface area contributed by atoms with E-state index in [0.717, 1.165) is 23.3 Å². The fraction of sp³-hybridized carbons (Fsp3) is 0.417. The predicted octanol–water partition coefficient (Wildman–Crippen LogP) is 0.768. The van der Waals surface area contributed by atoms with Crippen molar-refractivity contribution in [1.82, 2.24) is 10.9 Å². The molecule has 2 heterocycles. The lowest BCUT2D eigenvalue weighted by Gasteiger charge is -2.15. The largest absolute Gasteiger partial charge is 0.454 e. The maximum Gasteiger partial charge on any atom is 0.231 e. The molecule has 0 bridgehead atoms. The Bertz CT molecular complexity index is 449. The number of carbonyl (C=O) groups excluding carboxylic acids is 1. The third-order valence-electron chi connectivity index (χ3n) is 3.34. The second-order valence-electron chi connectivity index (χ2n) is 4.38. The van der Waals surface area contributed by atoms with Crippen molar-refractivity contribution in [2.45, 2.75) is 19.0 Å². The highest BCUT2D eigenvalue weighted by atomic mass is 16.7. The van der Waals surface area contributed by atoms with Gasteiger partial charge in [0.25, 0.3) is 0 Å². The lowest BCUT2D eigenvalue weighted by Crippen LogP contribution is -2.29. The van der Waals surface area contributed by atoms with Gasteiger partial charge in [-0.3, -0.25) is 5.43 Å². The Morgan fingerprint density at radius 1 is 1.29 bits per heavy atom. The lowest BCUT2D eigenvalue weighted by molar-refractivity contribution is -0.111. The number of hydrogen-bond acceptors (Lipinski definition) is 5. The van der Waals surface area contributed by atoms with E-state index in [4.69, 9.17) is 9.47 Å². The number of hydrogen-bond donors (Lipinski definition) is 2. The van der Waals surface area contributed by atoms with Gasteiger partial charge in [0.2, 0.25) is 6.79 Å². The molecule has 5 nitrogen and oxygen atoms in total. The minimum atomic E-state index is -0.0737. The molecule has 2 N–H and O–H groups in total. The summed E-state index contributed by atoms with van der Waals surface area (Å²) >= 11 is 0. The van der Waals surface area contributed by atoms with E-state index in [1.807, 2.05) is 25.1 Å². The summed E-state index contributed by atoms with van der Waals surface area (Å²) in [5.41, 5.74) is 7.25. The van der Waals surface area contributed by atoms with E-state index in [9.17, 15) is 4.79 Å². The number of ether oxygens (including phenoxy) is 2. The summed E-state index contributed by atoms with van der Waals surface area (Å²) in [4.78, 5) is 11.1. The molecule has 0 aromatic heterocycles. The van der Waals surface area contributed by atoms with Crippen molar-refractivity contribution in [3.63, 3.8) is 0 Å². The smallest absolute Gasteiger partial charge is 0.231 e. The average molecular weight is 234 g/mol. The number of rotatable bonds is 2. The van der Waals surface area contributed by atoms with Crippen molar-refractivity contribution < 1.29 is 14.3 Å². The van der Waals surface area contributed by atoms with E-state index in [2.05, 4.69) is 10.9 Å². The minimum absolute atomic E-state index is 0.0167.